The molecule has 1 saturated heterocycles. The van der Waals surface area contributed by atoms with Crippen LogP contribution in [-0.2, 0) is 27.3 Å². The highest BCUT2D eigenvalue weighted by atomic mass is 16.5. The molecule has 1 unspecified atom stereocenters. The molecular weight excluding hydrogens is 502 g/mol. The Morgan fingerprint density at radius 3 is 2.44 bits per heavy atom. The van der Waals surface area contributed by atoms with E-state index in [1.165, 1.54) is 4.90 Å². The zero-order chi connectivity index (χ0) is 27.8. The lowest BCUT2D eigenvalue weighted by atomic mass is 10.0. The number of methoxy groups -OCH3 is 2. The minimum Gasteiger partial charge on any atom is -0.497 e. The van der Waals surface area contributed by atoms with Crippen LogP contribution in [-0.4, -0.2) is 61.9 Å². The van der Waals surface area contributed by atoms with Crippen molar-refractivity contribution in [1.82, 2.24) is 15.5 Å². The highest BCUT2D eigenvalue weighted by Crippen LogP contribution is 2.30. The molecule has 1 atom stereocenters. The van der Waals surface area contributed by atoms with Crippen LogP contribution in [0, 0.1) is 0 Å². The number of fused-ring (bicyclic) bond motifs is 1. The number of amides is 4. The third kappa shape index (κ3) is 7.28. The number of rotatable bonds is 13. The van der Waals surface area contributed by atoms with E-state index < -0.39 is 11.9 Å². The molecule has 0 radical (unpaired) electrons. The van der Waals surface area contributed by atoms with Crippen LogP contribution in [0.4, 0.5) is 0 Å². The molecule has 4 amide bonds. The zero-order valence-corrected chi connectivity index (χ0v) is 22.4. The Balaban J connectivity index is 1.12. The molecule has 2 aliphatic heterocycles. The molecule has 0 bridgehead atoms. The summed E-state index contributed by atoms with van der Waals surface area (Å²) in [5.41, 5.74) is 2.23. The summed E-state index contributed by atoms with van der Waals surface area (Å²) in [5.74, 6) is 1.05. The first kappa shape index (κ1) is 27.9. The summed E-state index contributed by atoms with van der Waals surface area (Å²) >= 11 is 0. The van der Waals surface area contributed by atoms with E-state index in [-0.39, 0.29) is 30.6 Å². The Morgan fingerprint density at radius 2 is 1.72 bits per heavy atom. The summed E-state index contributed by atoms with van der Waals surface area (Å²) < 4.78 is 16.4. The maximum Gasteiger partial charge on any atom is 0.255 e. The van der Waals surface area contributed by atoms with Crippen molar-refractivity contribution in [2.75, 3.05) is 27.4 Å². The van der Waals surface area contributed by atoms with E-state index in [1.54, 1.807) is 32.4 Å². The molecular formula is C29H35N3O7. The van der Waals surface area contributed by atoms with Gasteiger partial charge < -0.3 is 24.4 Å². The van der Waals surface area contributed by atoms with E-state index >= 15 is 0 Å². The number of hydrogen-bond acceptors (Lipinski definition) is 7. The predicted octanol–water partition coefficient (Wildman–Crippen LogP) is 2.76. The highest BCUT2D eigenvalue weighted by molar-refractivity contribution is 6.05. The topological polar surface area (TPSA) is 123 Å². The largest absolute Gasteiger partial charge is 0.497 e. The quantitative estimate of drug-likeness (QED) is 0.298. The Morgan fingerprint density at radius 1 is 0.974 bits per heavy atom. The van der Waals surface area contributed by atoms with E-state index in [0.717, 1.165) is 36.8 Å². The van der Waals surface area contributed by atoms with Crippen LogP contribution < -0.4 is 24.8 Å². The molecule has 2 aromatic carbocycles. The molecule has 1 fully saturated rings. The van der Waals surface area contributed by atoms with E-state index in [0.29, 0.717) is 48.9 Å². The van der Waals surface area contributed by atoms with Gasteiger partial charge in [-0.25, -0.2) is 0 Å². The predicted molar refractivity (Wildman–Crippen MR) is 143 cm³/mol. The molecule has 0 aromatic heterocycles. The molecule has 2 heterocycles. The van der Waals surface area contributed by atoms with Gasteiger partial charge in [-0.3, -0.25) is 24.5 Å². The van der Waals surface area contributed by atoms with Gasteiger partial charge in [0.25, 0.3) is 5.91 Å². The van der Waals surface area contributed by atoms with Crippen molar-refractivity contribution in [3.05, 3.63) is 53.1 Å². The second-order valence-electron chi connectivity index (χ2n) is 9.73. The molecule has 0 spiro atoms. The molecule has 10 nitrogen and oxygen atoms in total. The molecule has 0 saturated carbocycles. The number of nitrogens with zero attached hydrogens (tertiary/aromatic N) is 1. The maximum atomic E-state index is 12.8. The average molecular weight is 538 g/mol. The van der Waals surface area contributed by atoms with E-state index in [9.17, 15) is 19.2 Å². The Labute approximate surface area is 228 Å². The minimum atomic E-state index is -0.623. The Kier molecular flexibility index (Phi) is 9.40. The number of carbonyl (C=O) groups excluding carboxylic acids is 4. The second kappa shape index (κ2) is 13.1. The summed E-state index contributed by atoms with van der Waals surface area (Å²) in [6, 6.07) is 10.2. The SMILES string of the molecule is COc1cc(CC(=O)NCCCCCCOc2ccc3c(c2)CN(C2CCC(=O)NC2=O)C3=O)cc(OC)c1. The fourth-order valence-corrected chi connectivity index (χ4v) is 4.86. The fraction of sp³-hybridized carbons (Fsp3) is 0.448. The number of unbranched alkanes of at least 4 members (excludes halogenated alkanes) is 3. The van der Waals surface area contributed by atoms with Crippen LogP contribution in [0.2, 0.25) is 0 Å². The molecule has 2 aromatic rings. The number of ether oxygens (including phenoxy) is 3. The van der Waals surface area contributed by atoms with E-state index in [2.05, 4.69) is 10.6 Å². The number of piperidine rings is 1. The van der Waals surface area contributed by atoms with Crippen molar-refractivity contribution in [1.29, 1.82) is 0 Å². The van der Waals surface area contributed by atoms with Gasteiger partial charge in [0.2, 0.25) is 17.7 Å². The smallest absolute Gasteiger partial charge is 0.255 e. The lowest BCUT2D eigenvalue weighted by Crippen LogP contribution is -2.52. The Bertz CT molecular complexity index is 1210. The van der Waals surface area contributed by atoms with Crippen molar-refractivity contribution < 1.29 is 33.4 Å². The first-order valence-corrected chi connectivity index (χ1v) is 13.3. The number of carbonyl (C=O) groups is 4. The van der Waals surface area contributed by atoms with E-state index in [4.69, 9.17) is 14.2 Å². The van der Waals surface area contributed by atoms with Gasteiger partial charge in [-0.15, -0.1) is 0 Å². The molecule has 39 heavy (non-hydrogen) atoms. The van der Waals surface area contributed by atoms with E-state index in [1.807, 2.05) is 18.2 Å². The third-order valence-corrected chi connectivity index (χ3v) is 6.93. The van der Waals surface area contributed by atoms with Crippen molar-refractivity contribution in [2.24, 2.45) is 0 Å². The van der Waals surface area contributed by atoms with Crippen molar-refractivity contribution in [3.8, 4) is 17.2 Å². The van der Waals surface area contributed by atoms with Crippen LogP contribution in [0.15, 0.2) is 36.4 Å². The molecule has 0 aliphatic carbocycles. The summed E-state index contributed by atoms with van der Waals surface area (Å²) in [7, 11) is 3.16. The van der Waals surface area contributed by atoms with Gasteiger partial charge in [-0.05, 0) is 60.7 Å². The molecule has 2 N–H and O–H groups in total. The molecule has 10 heteroatoms. The van der Waals surface area contributed by atoms with Crippen LogP contribution in [0.25, 0.3) is 0 Å². The highest BCUT2D eigenvalue weighted by Gasteiger charge is 2.39. The van der Waals surface area contributed by atoms with Gasteiger partial charge in [0.15, 0.2) is 0 Å². The fourth-order valence-electron chi connectivity index (χ4n) is 4.86. The van der Waals surface area contributed by atoms with Gasteiger partial charge in [-0.1, -0.05) is 12.8 Å². The van der Waals surface area contributed by atoms with Crippen molar-refractivity contribution in [2.45, 2.75) is 57.5 Å². The van der Waals surface area contributed by atoms with Crippen LogP contribution in [0.1, 0.15) is 60.0 Å². The zero-order valence-electron chi connectivity index (χ0n) is 22.4. The van der Waals surface area contributed by atoms with Gasteiger partial charge in [0.1, 0.15) is 23.3 Å². The second-order valence-corrected chi connectivity index (χ2v) is 9.73. The number of nitrogens with one attached hydrogen (secondary N) is 2. The molecule has 2 aliphatic rings. The van der Waals surface area contributed by atoms with Crippen LogP contribution in [0.3, 0.4) is 0 Å². The Hall–Kier alpha value is -4.08. The molecule has 4 rings (SSSR count). The number of hydrogen-bond donors (Lipinski definition) is 2. The minimum absolute atomic E-state index is 0.0418. The summed E-state index contributed by atoms with van der Waals surface area (Å²) in [6.45, 7) is 1.49. The first-order chi connectivity index (χ1) is 18.9. The van der Waals surface area contributed by atoms with Crippen molar-refractivity contribution in [3.63, 3.8) is 0 Å². The van der Waals surface area contributed by atoms with Gasteiger partial charge >= 0.3 is 0 Å². The number of benzene rings is 2. The van der Waals surface area contributed by atoms with Gasteiger partial charge in [0, 0.05) is 31.1 Å². The maximum absolute atomic E-state index is 12.8. The summed E-state index contributed by atoms with van der Waals surface area (Å²) in [4.78, 5) is 50.2. The molecule has 208 valence electrons. The number of imide groups is 1. The first-order valence-electron chi connectivity index (χ1n) is 13.3. The summed E-state index contributed by atoms with van der Waals surface area (Å²) in [6.07, 6.45) is 4.52. The lowest BCUT2D eigenvalue weighted by Gasteiger charge is -2.29. The standard InChI is InChI=1S/C29H35N3O7/c1-37-22-13-19(14-23(17-22)38-2)15-27(34)30-11-5-3-4-6-12-39-21-7-8-24-20(16-21)18-32(29(24)36)25-9-10-26(33)31-28(25)35/h7-8,13-14,16-17,25H,3-6,9-12,15,18H2,1-2H3,(H,30,34)(H,31,33,35). The van der Waals surface area contributed by atoms with Gasteiger partial charge in [0.05, 0.1) is 27.2 Å². The third-order valence-electron chi connectivity index (χ3n) is 6.93. The summed E-state index contributed by atoms with van der Waals surface area (Å²) in [5, 5.41) is 5.27. The lowest BCUT2D eigenvalue weighted by molar-refractivity contribution is -0.137. The van der Waals surface area contributed by atoms with Gasteiger partial charge in [-0.2, -0.15) is 0 Å². The normalized spacial score (nSPS) is 16.5. The van der Waals surface area contributed by atoms with Crippen LogP contribution in [0.5, 0.6) is 17.2 Å². The average Bonchev–Trinajstić information content (AvgIpc) is 3.25. The van der Waals surface area contributed by atoms with Crippen LogP contribution >= 0.6 is 0 Å². The monoisotopic (exact) mass is 537 g/mol. The van der Waals surface area contributed by atoms with Crippen molar-refractivity contribution >= 4 is 23.6 Å².